The van der Waals surface area contributed by atoms with Gasteiger partial charge in [-0.3, -0.25) is 14.6 Å². The Morgan fingerprint density at radius 2 is 1.65 bits per heavy atom. The van der Waals surface area contributed by atoms with Crippen LogP contribution in [0.1, 0.15) is 32.8 Å². The molecule has 1 aliphatic rings. The van der Waals surface area contributed by atoms with Gasteiger partial charge in [-0.2, -0.15) is 0 Å². The number of nitrogens with zero attached hydrogens (tertiary/aromatic N) is 3. The molecule has 1 aromatic heterocycles. The number of rotatable bonds is 3. The molecule has 2 aromatic rings. The van der Waals surface area contributed by atoms with E-state index in [-0.39, 0.29) is 16.4 Å². The van der Waals surface area contributed by atoms with Crippen molar-refractivity contribution in [3.63, 3.8) is 0 Å². The average Bonchev–Trinajstić information content (AvgIpc) is 3.10. The molecule has 0 spiro atoms. The molecule has 0 aliphatic carbocycles. The van der Waals surface area contributed by atoms with Crippen LogP contribution in [0.15, 0.2) is 47.5 Å². The Morgan fingerprint density at radius 1 is 1.00 bits per heavy atom. The maximum atomic E-state index is 13.0. The minimum absolute atomic E-state index is 0.0405. The number of aryl methyl sites for hydroxylation is 1. The third kappa shape index (κ3) is 3.45. The monoisotopic (exact) mass is 373 g/mol. The standard InChI is InChI=1S/C18H19N3O4S/c1-13-8-9-14(12-19-13)17(22)20-10-5-11-21(20)18(23)15-6-3-4-7-16(15)26(2,24)25/h3-4,6-9,12H,5,10-11H2,1-2H3. The van der Waals surface area contributed by atoms with Crippen LogP contribution in [0.5, 0.6) is 0 Å². The second-order valence-electron chi connectivity index (χ2n) is 6.17. The fourth-order valence-electron chi connectivity index (χ4n) is 2.88. The summed E-state index contributed by atoms with van der Waals surface area (Å²) in [7, 11) is -3.56. The first kappa shape index (κ1) is 18.1. The van der Waals surface area contributed by atoms with Crippen molar-refractivity contribution in [1.82, 2.24) is 15.0 Å². The molecule has 0 bridgehead atoms. The first-order chi connectivity index (χ1) is 12.3. The fourth-order valence-corrected chi connectivity index (χ4v) is 3.76. The van der Waals surface area contributed by atoms with Gasteiger partial charge < -0.3 is 0 Å². The van der Waals surface area contributed by atoms with Crippen LogP contribution >= 0.6 is 0 Å². The van der Waals surface area contributed by atoms with Gasteiger partial charge in [-0.05, 0) is 37.6 Å². The molecule has 0 atom stereocenters. The van der Waals surface area contributed by atoms with Crippen LogP contribution in [0, 0.1) is 6.92 Å². The molecule has 1 saturated heterocycles. The van der Waals surface area contributed by atoms with Gasteiger partial charge in [0.15, 0.2) is 9.84 Å². The molecule has 1 fully saturated rings. The number of carbonyl (C=O) groups excluding carboxylic acids is 2. The molecule has 2 heterocycles. The summed E-state index contributed by atoms with van der Waals surface area (Å²) in [5, 5.41) is 2.67. The van der Waals surface area contributed by atoms with E-state index in [9.17, 15) is 18.0 Å². The second kappa shape index (κ2) is 6.87. The van der Waals surface area contributed by atoms with Gasteiger partial charge in [0.2, 0.25) is 0 Å². The maximum Gasteiger partial charge on any atom is 0.274 e. The van der Waals surface area contributed by atoms with E-state index in [1.807, 2.05) is 6.92 Å². The highest BCUT2D eigenvalue weighted by Crippen LogP contribution is 2.22. The summed E-state index contributed by atoms with van der Waals surface area (Å²) in [6.07, 6.45) is 3.16. The highest BCUT2D eigenvalue weighted by atomic mass is 32.2. The van der Waals surface area contributed by atoms with Gasteiger partial charge in [-0.15, -0.1) is 0 Å². The number of benzene rings is 1. The zero-order valence-electron chi connectivity index (χ0n) is 14.5. The van der Waals surface area contributed by atoms with Crippen molar-refractivity contribution in [2.75, 3.05) is 19.3 Å². The Kier molecular flexibility index (Phi) is 4.78. The molecule has 7 nitrogen and oxygen atoms in total. The van der Waals surface area contributed by atoms with Gasteiger partial charge in [-0.1, -0.05) is 12.1 Å². The number of amides is 2. The summed E-state index contributed by atoms with van der Waals surface area (Å²) < 4.78 is 24.0. The van der Waals surface area contributed by atoms with E-state index in [0.29, 0.717) is 25.1 Å². The van der Waals surface area contributed by atoms with Crippen molar-refractivity contribution in [3.05, 3.63) is 59.4 Å². The van der Waals surface area contributed by atoms with Crippen LogP contribution in [-0.2, 0) is 9.84 Å². The predicted octanol–water partition coefficient (Wildman–Crippen LogP) is 1.70. The topological polar surface area (TPSA) is 87.7 Å². The van der Waals surface area contributed by atoms with Crippen molar-refractivity contribution < 1.29 is 18.0 Å². The number of aromatic nitrogens is 1. The van der Waals surface area contributed by atoms with Crippen LogP contribution in [0.2, 0.25) is 0 Å². The number of sulfone groups is 1. The second-order valence-corrected chi connectivity index (χ2v) is 8.15. The summed E-state index contributed by atoms with van der Waals surface area (Å²) in [5.74, 6) is -0.836. The molecule has 0 saturated carbocycles. The molecule has 2 amide bonds. The smallest absolute Gasteiger partial charge is 0.267 e. The van der Waals surface area contributed by atoms with E-state index in [0.717, 1.165) is 11.9 Å². The van der Waals surface area contributed by atoms with Gasteiger partial charge in [0.25, 0.3) is 11.8 Å². The summed E-state index contributed by atoms with van der Waals surface area (Å²) in [6, 6.07) is 9.43. The van der Waals surface area contributed by atoms with E-state index >= 15 is 0 Å². The van der Waals surface area contributed by atoms with Gasteiger partial charge in [0.1, 0.15) is 0 Å². The molecular formula is C18H19N3O4S. The number of carbonyl (C=O) groups is 2. The quantitative estimate of drug-likeness (QED) is 0.817. The molecule has 0 N–H and O–H groups in total. The van der Waals surface area contributed by atoms with Gasteiger partial charge in [-0.25, -0.2) is 18.4 Å². The van der Waals surface area contributed by atoms with Crippen molar-refractivity contribution in [3.8, 4) is 0 Å². The van der Waals surface area contributed by atoms with Crippen molar-refractivity contribution in [2.45, 2.75) is 18.2 Å². The predicted molar refractivity (Wildman–Crippen MR) is 95.2 cm³/mol. The molecule has 0 unspecified atom stereocenters. The van der Waals surface area contributed by atoms with E-state index < -0.39 is 15.7 Å². The number of pyridine rings is 1. The molecular weight excluding hydrogens is 354 g/mol. The molecule has 1 aliphatic heterocycles. The number of hydrogen-bond acceptors (Lipinski definition) is 5. The van der Waals surface area contributed by atoms with Crippen LogP contribution in [-0.4, -0.2) is 54.6 Å². The Hall–Kier alpha value is -2.74. The molecule has 8 heteroatoms. The highest BCUT2D eigenvalue weighted by Gasteiger charge is 2.33. The van der Waals surface area contributed by atoms with Crippen molar-refractivity contribution in [1.29, 1.82) is 0 Å². The Balaban J connectivity index is 1.93. The minimum atomic E-state index is -3.56. The average molecular weight is 373 g/mol. The van der Waals surface area contributed by atoms with Gasteiger partial charge in [0.05, 0.1) is 16.0 Å². The van der Waals surface area contributed by atoms with Crippen LogP contribution in [0.4, 0.5) is 0 Å². The lowest BCUT2D eigenvalue weighted by Crippen LogP contribution is -2.45. The third-order valence-electron chi connectivity index (χ3n) is 4.18. The molecule has 3 rings (SSSR count). The zero-order chi connectivity index (χ0) is 18.9. The molecule has 136 valence electrons. The molecule has 1 aromatic carbocycles. The fraction of sp³-hybridized carbons (Fsp3) is 0.278. The molecule has 26 heavy (non-hydrogen) atoms. The van der Waals surface area contributed by atoms with Crippen LogP contribution in [0.3, 0.4) is 0 Å². The third-order valence-corrected chi connectivity index (χ3v) is 5.33. The highest BCUT2D eigenvalue weighted by molar-refractivity contribution is 7.90. The summed E-state index contributed by atoms with van der Waals surface area (Å²) in [4.78, 5) is 29.8. The van der Waals surface area contributed by atoms with Crippen LogP contribution in [0.25, 0.3) is 0 Å². The van der Waals surface area contributed by atoms with E-state index in [1.165, 1.54) is 28.3 Å². The Labute approximate surface area is 152 Å². The Bertz CT molecular complexity index is 955. The van der Waals surface area contributed by atoms with Gasteiger partial charge >= 0.3 is 0 Å². The number of hydrogen-bond donors (Lipinski definition) is 0. The summed E-state index contributed by atoms with van der Waals surface area (Å²) in [5.41, 5.74) is 1.24. The molecule has 0 radical (unpaired) electrons. The van der Waals surface area contributed by atoms with Crippen LogP contribution < -0.4 is 0 Å². The lowest BCUT2D eigenvalue weighted by molar-refractivity contribution is 0.0183. The summed E-state index contributed by atoms with van der Waals surface area (Å²) >= 11 is 0. The van der Waals surface area contributed by atoms with Crippen molar-refractivity contribution in [2.24, 2.45) is 0 Å². The lowest BCUT2D eigenvalue weighted by atomic mass is 10.2. The van der Waals surface area contributed by atoms with Gasteiger partial charge in [0, 0.05) is 31.2 Å². The Morgan fingerprint density at radius 3 is 2.27 bits per heavy atom. The SMILES string of the molecule is Cc1ccc(C(=O)N2CCCN2C(=O)c2ccccc2S(C)(=O)=O)cn1. The first-order valence-corrected chi connectivity index (χ1v) is 10.0. The van der Waals surface area contributed by atoms with E-state index in [1.54, 1.807) is 24.3 Å². The van der Waals surface area contributed by atoms with Crippen molar-refractivity contribution >= 4 is 21.7 Å². The largest absolute Gasteiger partial charge is 0.274 e. The first-order valence-electron chi connectivity index (χ1n) is 8.14. The minimum Gasteiger partial charge on any atom is -0.267 e. The number of hydrazine groups is 1. The summed E-state index contributed by atoms with van der Waals surface area (Å²) in [6.45, 7) is 2.56. The normalized spacial score (nSPS) is 14.5. The lowest BCUT2D eigenvalue weighted by Gasteiger charge is -2.28. The van der Waals surface area contributed by atoms with E-state index in [4.69, 9.17) is 0 Å². The zero-order valence-corrected chi connectivity index (χ0v) is 15.4. The van der Waals surface area contributed by atoms with E-state index in [2.05, 4.69) is 4.98 Å². The maximum absolute atomic E-state index is 13.0.